The largest absolute Gasteiger partial charge is 0.465 e. The number of carbonyl (C=O) groups is 3. The zero-order valence-corrected chi connectivity index (χ0v) is 19.8. The number of esters is 1. The van der Waals surface area contributed by atoms with Crippen molar-refractivity contribution >= 4 is 28.0 Å². The van der Waals surface area contributed by atoms with Crippen molar-refractivity contribution < 1.29 is 32.3 Å². The quantitative estimate of drug-likeness (QED) is 0.613. The van der Waals surface area contributed by atoms with Crippen molar-refractivity contribution in [2.75, 3.05) is 39.9 Å². The maximum atomic E-state index is 13.1. The summed E-state index contributed by atoms with van der Waals surface area (Å²) in [6.45, 7) is 3.53. The standard InChI is InChI=1S/C22H31N3O7S/c1-3-32-22(28)24-12-10-17(11-13-24)23-20(26)16-8-14-25(15-9-16)33(29,30)19-7-5-4-6-18(19)21(27)31-2/h4-7,16-17H,3,8-15H2,1-2H3,(H,23,26). The molecule has 2 heterocycles. The minimum atomic E-state index is -3.89. The highest BCUT2D eigenvalue weighted by atomic mass is 32.2. The van der Waals surface area contributed by atoms with Gasteiger partial charge in [0.05, 0.1) is 24.2 Å². The first-order valence-corrected chi connectivity index (χ1v) is 12.6. The Labute approximate surface area is 194 Å². The fourth-order valence-corrected chi connectivity index (χ4v) is 5.86. The van der Waals surface area contributed by atoms with E-state index in [1.807, 2.05) is 0 Å². The number of methoxy groups -OCH3 is 1. The van der Waals surface area contributed by atoms with Gasteiger partial charge in [-0.3, -0.25) is 4.79 Å². The van der Waals surface area contributed by atoms with Crippen LogP contribution in [0, 0.1) is 5.92 Å². The number of carbonyl (C=O) groups excluding carboxylic acids is 3. The van der Waals surface area contributed by atoms with E-state index in [-0.39, 0.29) is 47.5 Å². The molecule has 3 rings (SSSR count). The third-order valence-electron chi connectivity index (χ3n) is 6.10. The minimum Gasteiger partial charge on any atom is -0.465 e. The van der Waals surface area contributed by atoms with Gasteiger partial charge in [-0.1, -0.05) is 12.1 Å². The molecule has 0 unspecified atom stereocenters. The van der Waals surface area contributed by atoms with E-state index in [9.17, 15) is 22.8 Å². The van der Waals surface area contributed by atoms with Gasteiger partial charge in [0, 0.05) is 38.1 Å². The molecule has 0 aromatic heterocycles. The highest BCUT2D eigenvalue weighted by Gasteiger charge is 2.35. The summed E-state index contributed by atoms with van der Waals surface area (Å²) in [5.74, 6) is -1.08. The van der Waals surface area contributed by atoms with Gasteiger partial charge in [0.1, 0.15) is 0 Å². The molecule has 1 N–H and O–H groups in total. The van der Waals surface area contributed by atoms with Crippen molar-refractivity contribution in [1.29, 1.82) is 0 Å². The Morgan fingerprint density at radius 2 is 1.67 bits per heavy atom. The van der Waals surface area contributed by atoms with Crippen LogP contribution in [-0.2, 0) is 24.3 Å². The summed E-state index contributed by atoms with van der Waals surface area (Å²) in [6, 6.07) is 5.94. The van der Waals surface area contributed by atoms with Gasteiger partial charge in [0.2, 0.25) is 15.9 Å². The molecule has 2 amide bonds. The highest BCUT2D eigenvalue weighted by Crippen LogP contribution is 2.26. The lowest BCUT2D eigenvalue weighted by molar-refractivity contribution is -0.127. The first-order chi connectivity index (χ1) is 15.8. The first kappa shape index (κ1) is 25.0. The molecule has 33 heavy (non-hydrogen) atoms. The molecule has 1 aromatic rings. The topological polar surface area (TPSA) is 122 Å². The van der Waals surface area contributed by atoms with Gasteiger partial charge < -0.3 is 19.7 Å². The van der Waals surface area contributed by atoms with E-state index in [0.717, 1.165) is 0 Å². The molecule has 182 valence electrons. The Morgan fingerprint density at radius 1 is 1.03 bits per heavy atom. The van der Waals surface area contributed by atoms with Crippen LogP contribution in [0.3, 0.4) is 0 Å². The van der Waals surface area contributed by atoms with E-state index in [0.29, 0.717) is 45.4 Å². The average molecular weight is 482 g/mol. The molecular formula is C22H31N3O7S. The van der Waals surface area contributed by atoms with Crippen LogP contribution in [0.5, 0.6) is 0 Å². The minimum absolute atomic E-state index is 0.00553. The molecule has 2 aliphatic heterocycles. The molecule has 2 aliphatic rings. The molecule has 0 atom stereocenters. The Kier molecular flexibility index (Phi) is 8.30. The summed E-state index contributed by atoms with van der Waals surface area (Å²) in [4.78, 5) is 38.1. The number of piperidine rings is 2. The molecule has 0 saturated carbocycles. The molecule has 0 bridgehead atoms. The van der Waals surface area contributed by atoms with Crippen molar-refractivity contribution in [2.24, 2.45) is 5.92 Å². The Balaban J connectivity index is 1.53. The second-order valence-electron chi connectivity index (χ2n) is 8.13. The summed E-state index contributed by atoms with van der Waals surface area (Å²) < 4.78 is 37.3. The van der Waals surface area contributed by atoms with Crippen molar-refractivity contribution in [2.45, 2.75) is 43.5 Å². The molecule has 0 aliphatic carbocycles. The number of rotatable bonds is 6. The van der Waals surface area contributed by atoms with Crippen LogP contribution in [0.4, 0.5) is 4.79 Å². The number of nitrogens with one attached hydrogen (secondary N) is 1. The predicted molar refractivity (Wildman–Crippen MR) is 119 cm³/mol. The maximum absolute atomic E-state index is 13.1. The van der Waals surface area contributed by atoms with E-state index in [1.54, 1.807) is 24.0 Å². The van der Waals surface area contributed by atoms with Gasteiger partial charge in [-0.25, -0.2) is 18.0 Å². The number of hydrogen-bond acceptors (Lipinski definition) is 7. The second kappa shape index (κ2) is 11.0. The number of amides is 2. The zero-order valence-electron chi connectivity index (χ0n) is 19.0. The van der Waals surface area contributed by atoms with Crippen LogP contribution in [0.1, 0.15) is 43.0 Å². The van der Waals surface area contributed by atoms with E-state index >= 15 is 0 Å². The summed E-state index contributed by atoms with van der Waals surface area (Å²) in [6.07, 6.45) is 1.77. The number of sulfonamides is 1. The van der Waals surface area contributed by atoms with Crippen molar-refractivity contribution in [1.82, 2.24) is 14.5 Å². The van der Waals surface area contributed by atoms with Crippen molar-refractivity contribution in [3.8, 4) is 0 Å². The van der Waals surface area contributed by atoms with E-state index in [1.165, 1.54) is 23.5 Å². The second-order valence-corrected chi connectivity index (χ2v) is 10.0. The molecule has 1 aromatic carbocycles. The average Bonchev–Trinajstić information content (AvgIpc) is 2.84. The number of ether oxygens (including phenoxy) is 2. The molecule has 2 saturated heterocycles. The third-order valence-corrected chi connectivity index (χ3v) is 8.06. The lowest BCUT2D eigenvalue weighted by Crippen LogP contribution is -2.49. The lowest BCUT2D eigenvalue weighted by Gasteiger charge is -2.34. The Bertz CT molecular complexity index is 966. The Hall–Kier alpha value is -2.66. The van der Waals surface area contributed by atoms with E-state index < -0.39 is 16.0 Å². The van der Waals surface area contributed by atoms with Gasteiger partial charge in [-0.05, 0) is 44.7 Å². The summed E-state index contributed by atoms with van der Waals surface area (Å²) in [7, 11) is -2.69. The maximum Gasteiger partial charge on any atom is 0.409 e. The predicted octanol–water partition coefficient (Wildman–Crippen LogP) is 1.61. The van der Waals surface area contributed by atoms with Crippen molar-refractivity contribution in [3.63, 3.8) is 0 Å². The summed E-state index contributed by atoms with van der Waals surface area (Å²) in [5.41, 5.74) is -0.00553. The van der Waals surface area contributed by atoms with Gasteiger partial charge >= 0.3 is 12.1 Å². The summed E-state index contributed by atoms with van der Waals surface area (Å²) >= 11 is 0. The van der Waals surface area contributed by atoms with Gasteiger partial charge in [0.25, 0.3) is 0 Å². The van der Waals surface area contributed by atoms with Gasteiger partial charge in [0.15, 0.2) is 0 Å². The molecule has 0 spiro atoms. The van der Waals surface area contributed by atoms with Crippen LogP contribution >= 0.6 is 0 Å². The molecule has 0 radical (unpaired) electrons. The number of benzene rings is 1. The SMILES string of the molecule is CCOC(=O)N1CCC(NC(=O)C2CCN(S(=O)(=O)c3ccccc3C(=O)OC)CC2)CC1. The van der Waals surface area contributed by atoms with Crippen molar-refractivity contribution in [3.05, 3.63) is 29.8 Å². The number of likely N-dealkylation sites (tertiary alicyclic amines) is 1. The molecule has 2 fully saturated rings. The van der Waals surface area contributed by atoms with E-state index in [2.05, 4.69) is 5.32 Å². The lowest BCUT2D eigenvalue weighted by atomic mass is 9.96. The Morgan fingerprint density at radius 3 is 2.27 bits per heavy atom. The van der Waals surface area contributed by atoms with Crippen LogP contribution in [0.25, 0.3) is 0 Å². The number of nitrogens with zero attached hydrogens (tertiary/aromatic N) is 2. The normalized spacial score (nSPS) is 18.5. The zero-order chi connectivity index (χ0) is 24.0. The fraction of sp³-hybridized carbons (Fsp3) is 0.591. The third kappa shape index (κ3) is 5.83. The first-order valence-electron chi connectivity index (χ1n) is 11.2. The molecular weight excluding hydrogens is 450 g/mol. The van der Waals surface area contributed by atoms with Crippen LogP contribution in [-0.4, -0.2) is 81.5 Å². The van der Waals surface area contributed by atoms with Crippen LogP contribution in [0.15, 0.2) is 29.2 Å². The molecule has 11 heteroatoms. The smallest absolute Gasteiger partial charge is 0.409 e. The monoisotopic (exact) mass is 481 g/mol. The van der Waals surface area contributed by atoms with Gasteiger partial charge in [-0.15, -0.1) is 0 Å². The van der Waals surface area contributed by atoms with Gasteiger partial charge in [-0.2, -0.15) is 4.31 Å². The fourth-order valence-electron chi connectivity index (χ4n) is 4.21. The number of hydrogen-bond donors (Lipinski definition) is 1. The molecule has 10 nitrogen and oxygen atoms in total. The van der Waals surface area contributed by atoms with Crippen LogP contribution in [0.2, 0.25) is 0 Å². The summed E-state index contributed by atoms with van der Waals surface area (Å²) in [5, 5.41) is 3.05. The highest BCUT2D eigenvalue weighted by molar-refractivity contribution is 7.89. The van der Waals surface area contributed by atoms with Crippen LogP contribution < -0.4 is 5.32 Å². The van der Waals surface area contributed by atoms with E-state index in [4.69, 9.17) is 9.47 Å².